The number of benzene rings is 2. The predicted octanol–water partition coefficient (Wildman–Crippen LogP) is 4.34. The van der Waals surface area contributed by atoms with Crippen molar-refractivity contribution < 1.29 is 14.1 Å². The summed E-state index contributed by atoms with van der Waals surface area (Å²) in [4.78, 5) is 12.4. The summed E-state index contributed by atoms with van der Waals surface area (Å²) in [5.74, 6) is 1.64. The topological polar surface area (TPSA) is 81.4 Å². The lowest BCUT2D eigenvalue weighted by molar-refractivity contribution is 0.0696. The molecule has 154 valence electrons. The van der Waals surface area contributed by atoms with E-state index in [0.717, 1.165) is 48.4 Å². The maximum atomic E-state index is 13.8. The second kappa shape index (κ2) is 7.44. The molecule has 1 N–H and O–H groups in total. The number of aromatic carboxylic acids is 1. The summed E-state index contributed by atoms with van der Waals surface area (Å²) in [6.45, 7) is 0. The number of hydrogen-bond acceptors (Lipinski definition) is 4. The molecule has 0 radical (unpaired) electrons. The quantitative estimate of drug-likeness (QED) is 0.768. The maximum absolute atomic E-state index is 13.8. The molecular weight excluding hydrogens is 416 g/mol. The molecule has 2 fully saturated rings. The largest absolute Gasteiger partial charge is 0.478 e. The number of carbonyl (C=O) groups is 1. The van der Waals surface area contributed by atoms with Crippen LogP contribution in [0.15, 0.2) is 47.4 Å². The Labute approximate surface area is 182 Å². The zero-order valence-corrected chi connectivity index (χ0v) is 18.0. The molecule has 2 aliphatic heterocycles. The summed E-state index contributed by atoms with van der Waals surface area (Å²) < 4.78 is 15.9. The standard InChI is InChI=1S/C23H22N2O3S2/c24-14-15-1-6-18(7-2-15)30(28)25-20-8-5-17(22(26)27)13-19(20)23(9-11-29-12-10-23)21(25)16-3-4-16/h1-2,5-8,13,16,21H,3-4,9-12H2,(H,26,27). The summed E-state index contributed by atoms with van der Waals surface area (Å²) in [6.07, 6.45) is 4.22. The molecule has 1 spiro atoms. The fourth-order valence-corrected chi connectivity index (χ4v) is 7.84. The molecule has 30 heavy (non-hydrogen) atoms. The van der Waals surface area contributed by atoms with Crippen molar-refractivity contribution in [1.82, 2.24) is 0 Å². The highest BCUT2D eigenvalue weighted by Gasteiger charge is 2.58. The van der Waals surface area contributed by atoms with Crippen LogP contribution in [0.2, 0.25) is 0 Å². The number of hydrogen-bond donors (Lipinski definition) is 1. The molecule has 2 heterocycles. The fraction of sp³-hybridized carbons (Fsp3) is 0.391. The highest BCUT2D eigenvalue weighted by atomic mass is 32.2. The number of nitriles is 1. The zero-order valence-electron chi connectivity index (χ0n) is 16.4. The van der Waals surface area contributed by atoms with E-state index in [4.69, 9.17) is 5.26 Å². The maximum Gasteiger partial charge on any atom is 0.335 e. The Morgan fingerprint density at radius 3 is 2.47 bits per heavy atom. The third kappa shape index (κ3) is 3.05. The minimum Gasteiger partial charge on any atom is -0.478 e. The first-order valence-electron chi connectivity index (χ1n) is 10.2. The van der Waals surface area contributed by atoms with Crippen molar-refractivity contribution in [2.45, 2.75) is 42.0 Å². The van der Waals surface area contributed by atoms with Crippen LogP contribution in [0.25, 0.3) is 0 Å². The van der Waals surface area contributed by atoms with E-state index < -0.39 is 17.0 Å². The van der Waals surface area contributed by atoms with Crippen molar-refractivity contribution in [2.75, 3.05) is 15.8 Å². The molecule has 5 rings (SSSR count). The van der Waals surface area contributed by atoms with Gasteiger partial charge in [0.1, 0.15) is 0 Å². The van der Waals surface area contributed by atoms with Gasteiger partial charge in [-0.1, -0.05) is 0 Å². The van der Waals surface area contributed by atoms with E-state index in [2.05, 4.69) is 10.4 Å². The minimum absolute atomic E-state index is 0.119. The highest BCUT2D eigenvalue weighted by Crippen LogP contribution is 2.59. The van der Waals surface area contributed by atoms with Gasteiger partial charge in [-0.25, -0.2) is 9.00 Å². The van der Waals surface area contributed by atoms with Crippen molar-refractivity contribution in [3.8, 4) is 6.07 Å². The Hall–Kier alpha value is -2.30. The van der Waals surface area contributed by atoms with Gasteiger partial charge in [-0.3, -0.25) is 4.31 Å². The van der Waals surface area contributed by atoms with Gasteiger partial charge in [-0.05, 0) is 91.1 Å². The van der Waals surface area contributed by atoms with Crippen molar-refractivity contribution >= 4 is 34.4 Å². The summed E-state index contributed by atoms with van der Waals surface area (Å²) >= 11 is 1.94. The van der Waals surface area contributed by atoms with Crippen LogP contribution in [0, 0.1) is 17.2 Å². The first-order valence-corrected chi connectivity index (χ1v) is 12.5. The Kier molecular flexibility index (Phi) is 4.87. The Balaban J connectivity index is 1.65. The van der Waals surface area contributed by atoms with Crippen LogP contribution in [-0.2, 0) is 16.4 Å². The predicted molar refractivity (Wildman–Crippen MR) is 118 cm³/mol. The highest BCUT2D eigenvalue weighted by molar-refractivity contribution is 7.99. The van der Waals surface area contributed by atoms with E-state index >= 15 is 0 Å². The van der Waals surface area contributed by atoms with Gasteiger partial charge in [-0.15, -0.1) is 0 Å². The molecule has 0 bridgehead atoms. The molecule has 7 heteroatoms. The van der Waals surface area contributed by atoms with E-state index in [-0.39, 0.29) is 11.5 Å². The van der Waals surface area contributed by atoms with Crippen LogP contribution in [0.5, 0.6) is 0 Å². The van der Waals surface area contributed by atoms with E-state index in [1.807, 2.05) is 23.9 Å². The first-order chi connectivity index (χ1) is 14.5. The van der Waals surface area contributed by atoms with Gasteiger partial charge < -0.3 is 5.11 Å². The lowest BCUT2D eigenvalue weighted by Gasteiger charge is -2.41. The lowest BCUT2D eigenvalue weighted by atomic mass is 9.70. The summed E-state index contributed by atoms with van der Waals surface area (Å²) in [5.41, 5.74) is 2.67. The van der Waals surface area contributed by atoms with Crippen molar-refractivity contribution in [3.05, 3.63) is 59.2 Å². The van der Waals surface area contributed by atoms with Gasteiger partial charge in [0, 0.05) is 5.41 Å². The average molecular weight is 439 g/mol. The third-order valence-corrected chi connectivity index (χ3v) is 9.10. The van der Waals surface area contributed by atoms with Crippen LogP contribution >= 0.6 is 11.8 Å². The molecule has 5 nitrogen and oxygen atoms in total. The van der Waals surface area contributed by atoms with Crippen molar-refractivity contribution in [3.63, 3.8) is 0 Å². The second-order valence-corrected chi connectivity index (χ2v) is 10.9. The lowest BCUT2D eigenvalue weighted by Crippen LogP contribution is -2.49. The molecule has 1 saturated carbocycles. The number of carboxylic acid groups (broad SMARTS) is 1. The average Bonchev–Trinajstić information content (AvgIpc) is 3.58. The van der Waals surface area contributed by atoms with E-state index in [1.165, 1.54) is 0 Å². The molecule has 2 atom stereocenters. The number of fused-ring (bicyclic) bond motifs is 2. The molecular formula is C23H22N2O3S2. The normalized spacial score (nSPS) is 23.0. The van der Waals surface area contributed by atoms with Crippen LogP contribution in [0.4, 0.5) is 5.69 Å². The summed E-state index contributed by atoms with van der Waals surface area (Å²) in [7, 11) is -1.42. The summed E-state index contributed by atoms with van der Waals surface area (Å²) in [6, 6.07) is 14.5. The SMILES string of the molecule is N#Cc1ccc(S(=O)N2c3ccc(C(=O)O)cc3C3(CCSCC3)C2C2CC2)cc1. The second-order valence-electron chi connectivity index (χ2n) is 8.30. The molecule has 0 aromatic heterocycles. The van der Waals surface area contributed by atoms with Gasteiger partial charge in [0.05, 0.1) is 33.8 Å². The number of carboxylic acids is 1. The van der Waals surface area contributed by atoms with Crippen LogP contribution in [0.3, 0.4) is 0 Å². The van der Waals surface area contributed by atoms with Crippen LogP contribution < -0.4 is 4.31 Å². The molecule has 0 amide bonds. The molecule has 1 saturated heterocycles. The van der Waals surface area contributed by atoms with Gasteiger partial charge in [0.2, 0.25) is 0 Å². The van der Waals surface area contributed by atoms with Crippen molar-refractivity contribution in [2.24, 2.45) is 5.92 Å². The molecule has 2 aromatic carbocycles. The van der Waals surface area contributed by atoms with Gasteiger partial charge in [-0.2, -0.15) is 17.0 Å². The number of nitrogens with zero attached hydrogens (tertiary/aromatic N) is 2. The zero-order chi connectivity index (χ0) is 20.9. The Morgan fingerprint density at radius 1 is 1.17 bits per heavy atom. The van der Waals surface area contributed by atoms with Gasteiger partial charge in [0.15, 0.2) is 11.0 Å². The minimum atomic E-state index is -1.42. The molecule has 1 aliphatic carbocycles. The van der Waals surface area contributed by atoms with E-state index in [0.29, 0.717) is 21.9 Å². The Bertz CT molecular complexity index is 1070. The number of thioether (sulfide) groups is 1. The van der Waals surface area contributed by atoms with Crippen LogP contribution in [0.1, 0.15) is 47.2 Å². The van der Waals surface area contributed by atoms with Gasteiger partial charge >= 0.3 is 5.97 Å². The third-order valence-electron chi connectivity index (χ3n) is 6.65. The number of rotatable bonds is 4. The number of anilines is 1. The van der Waals surface area contributed by atoms with Crippen molar-refractivity contribution in [1.29, 1.82) is 5.26 Å². The van der Waals surface area contributed by atoms with Crippen LogP contribution in [-0.4, -0.2) is 32.8 Å². The van der Waals surface area contributed by atoms with E-state index in [9.17, 15) is 14.1 Å². The Morgan fingerprint density at radius 2 is 1.87 bits per heavy atom. The first kappa shape index (κ1) is 19.7. The fourth-order valence-electron chi connectivity index (χ4n) is 5.10. The molecule has 2 unspecified atom stereocenters. The smallest absolute Gasteiger partial charge is 0.335 e. The summed E-state index contributed by atoms with van der Waals surface area (Å²) in [5, 5.41) is 18.7. The monoisotopic (exact) mass is 438 g/mol. The molecule has 2 aromatic rings. The van der Waals surface area contributed by atoms with E-state index in [1.54, 1.807) is 30.3 Å². The molecule has 3 aliphatic rings. The van der Waals surface area contributed by atoms with Gasteiger partial charge in [0.25, 0.3) is 0 Å².